The van der Waals surface area contributed by atoms with Crippen molar-refractivity contribution in [2.24, 2.45) is 0 Å². The third kappa shape index (κ3) is 5.08. The van der Waals surface area contributed by atoms with Crippen LogP contribution < -0.4 is 14.8 Å². The fourth-order valence-corrected chi connectivity index (χ4v) is 4.43. The maximum atomic E-state index is 13.9. The van der Waals surface area contributed by atoms with Crippen LogP contribution in [-0.4, -0.2) is 37.8 Å². The van der Waals surface area contributed by atoms with Crippen molar-refractivity contribution in [1.82, 2.24) is 10.3 Å². The summed E-state index contributed by atoms with van der Waals surface area (Å²) >= 11 is 1.50. The molecular formula is C24H25FN2O4S. The minimum absolute atomic E-state index is 0.225. The molecule has 1 fully saturated rings. The number of hydrogen-bond donors (Lipinski definition) is 1. The van der Waals surface area contributed by atoms with E-state index in [0.29, 0.717) is 56.3 Å². The van der Waals surface area contributed by atoms with E-state index in [1.165, 1.54) is 24.5 Å². The van der Waals surface area contributed by atoms with Gasteiger partial charge in [0.1, 0.15) is 12.4 Å². The van der Waals surface area contributed by atoms with Gasteiger partial charge in [0.25, 0.3) is 5.91 Å². The lowest BCUT2D eigenvalue weighted by Crippen LogP contribution is -2.44. The number of ether oxygens (including phenoxy) is 3. The quantitative estimate of drug-likeness (QED) is 0.546. The molecule has 1 aliphatic rings. The molecule has 1 N–H and O–H groups in total. The minimum Gasteiger partial charge on any atom is -0.493 e. The van der Waals surface area contributed by atoms with Crippen LogP contribution in [0.2, 0.25) is 0 Å². The highest BCUT2D eigenvalue weighted by Gasteiger charge is 2.35. The van der Waals surface area contributed by atoms with Crippen molar-refractivity contribution in [3.63, 3.8) is 0 Å². The van der Waals surface area contributed by atoms with Crippen LogP contribution in [-0.2, 0) is 16.8 Å². The molecule has 0 saturated carbocycles. The SMILES string of the molecule is COc1cc(C(=O)NCC2(c3cccc(F)c3)CCOCC2)ccc1OCc1cscn1. The summed E-state index contributed by atoms with van der Waals surface area (Å²) in [5.74, 6) is 0.505. The van der Waals surface area contributed by atoms with Crippen molar-refractivity contribution in [1.29, 1.82) is 0 Å². The molecule has 0 spiro atoms. The molecule has 32 heavy (non-hydrogen) atoms. The summed E-state index contributed by atoms with van der Waals surface area (Å²) in [6.45, 7) is 1.86. The summed E-state index contributed by atoms with van der Waals surface area (Å²) in [5, 5.41) is 4.95. The Morgan fingerprint density at radius 2 is 2.06 bits per heavy atom. The lowest BCUT2D eigenvalue weighted by Gasteiger charge is -2.38. The van der Waals surface area contributed by atoms with Crippen molar-refractivity contribution in [2.45, 2.75) is 24.9 Å². The van der Waals surface area contributed by atoms with Crippen molar-refractivity contribution in [3.8, 4) is 11.5 Å². The number of aromatic nitrogens is 1. The molecule has 1 saturated heterocycles. The standard InChI is InChI=1S/C24H25FN2O4S/c1-29-22-11-17(5-6-21(22)31-13-20-14-32-16-27-20)23(28)26-15-24(7-9-30-10-8-24)18-3-2-4-19(25)12-18/h2-6,11-12,14,16H,7-10,13,15H2,1H3,(H,26,28). The van der Waals surface area contributed by atoms with E-state index in [0.717, 1.165) is 11.3 Å². The predicted molar refractivity (Wildman–Crippen MR) is 120 cm³/mol. The number of carbonyl (C=O) groups excluding carboxylic acids is 1. The normalized spacial score (nSPS) is 15.2. The maximum absolute atomic E-state index is 13.9. The van der Waals surface area contributed by atoms with Crippen molar-refractivity contribution in [2.75, 3.05) is 26.9 Å². The van der Waals surface area contributed by atoms with Gasteiger partial charge in [0.15, 0.2) is 11.5 Å². The fourth-order valence-electron chi connectivity index (χ4n) is 3.89. The number of benzene rings is 2. The third-order valence-corrected chi connectivity index (χ3v) is 6.39. The summed E-state index contributed by atoms with van der Waals surface area (Å²) < 4.78 is 30.6. The molecule has 1 aliphatic heterocycles. The van der Waals surface area contributed by atoms with Crippen LogP contribution in [0.4, 0.5) is 4.39 Å². The van der Waals surface area contributed by atoms with Gasteiger partial charge >= 0.3 is 0 Å². The first-order chi connectivity index (χ1) is 15.6. The van der Waals surface area contributed by atoms with E-state index in [-0.39, 0.29) is 17.1 Å². The van der Waals surface area contributed by atoms with Crippen LogP contribution in [0.25, 0.3) is 0 Å². The minimum atomic E-state index is -0.364. The third-order valence-electron chi connectivity index (χ3n) is 5.76. The first-order valence-corrected chi connectivity index (χ1v) is 11.3. The topological polar surface area (TPSA) is 69.7 Å². The number of halogens is 1. The van der Waals surface area contributed by atoms with Crippen LogP contribution in [0.5, 0.6) is 11.5 Å². The Kier molecular flexibility index (Phi) is 7.02. The number of methoxy groups -OCH3 is 1. The molecule has 1 aromatic heterocycles. The Labute approximate surface area is 190 Å². The monoisotopic (exact) mass is 456 g/mol. The lowest BCUT2D eigenvalue weighted by molar-refractivity contribution is 0.0486. The van der Waals surface area contributed by atoms with Gasteiger partial charge in [-0.15, -0.1) is 11.3 Å². The number of hydrogen-bond acceptors (Lipinski definition) is 6. The number of nitrogens with zero attached hydrogens (tertiary/aromatic N) is 1. The molecule has 6 nitrogen and oxygen atoms in total. The van der Waals surface area contributed by atoms with E-state index in [1.807, 2.05) is 11.4 Å². The summed E-state index contributed by atoms with van der Waals surface area (Å²) in [6.07, 6.45) is 1.42. The van der Waals surface area contributed by atoms with Crippen LogP contribution in [0.15, 0.2) is 53.4 Å². The fraction of sp³-hybridized carbons (Fsp3) is 0.333. The zero-order valence-corrected chi connectivity index (χ0v) is 18.6. The summed E-state index contributed by atoms with van der Waals surface area (Å²) in [7, 11) is 1.54. The summed E-state index contributed by atoms with van der Waals surface area (Å²) in [5.41, 5.74) is 3.56. The molecule has 168 valence electrons. The highest BCUT2D eigenvalue weighted by Crippen LogP contribution is 2.35. The highest BCUT2D eigenvalue weighted by molar-refractivity contribution is 7.07. The van der Waals surface area contributed by atoms with Gasteiger partial charge in [-0.3, -0.25) is 4.79 Å². The largest absolute Gasteiger partial charge is 0.493 e. The number of rotatable bonds is 8. The van der Waals surface area contributed by atoms with Gasteiger partial charge in [0, 0.05) is 36.1 Å². The lowest BCUT2D eigenvalue weighted by atomic mass is 9.74. The Balaban J connectivity index is 1.46. The van der Waals surface area contributed by atoms with Crippen LogP contribution >= 0.6 is 11.3 Å². The van der Waals surface area contributed by atoms with E-state index >= 15 is 0 Å². The van der Waals surface area contributed by atoms with Gasteiger partial charge in [0.2, 0.25) is 0 Å². The summed E-state index contributed by atoms with van der Waals surface area (Å²) in [4.78, 5) is 17.1. The Morgan fingerprint density at radius 1 is 1.22 bits per heavy atom. The summed E-state index contributed by atoms with van der Waals surface area (Å²) in [6, 6.07) is 11.7. The zero-order chi connectivity index (χ0) is 22.4. The number of thiazole rings is 1. The zero-order valence-electron chi connectivity index (χ0n) is 17.8. The second-order valence-electron chi connectivity index (χ2n) is 7.72. The second-order valence-corrected chi connectivity index (χ2v) is 8.44. The predicted octanol–water partition coefficient (Wildman–Crippen LogP) is 4.35. The van der Waals surface area contributed by atoms with Gasteiger partial charge in [-0.1, -0.05) is 12.1 Å². The van der Waals surface area contributed by atoms with Crippen LogP contribution in [0, 0.1) is 5.82 Å². The van der Waals surface area contributed by atoms with E-state index in [2.05, 4.69) is 10.3 Å². The Bertz CT molecular complexity index is 1050. The van der Waals surface area contributed by atoms with Gasteiger partial charge in [-0.2, -0.15) is 0 Å². The molecule has 2 heterocycles. The molecule has 0 bridgehead atoms. The van der Waals surface area contributed by atoms with Gasteiger partial charge in [-0.05, 0) is 48.7 Å². The average molecular weight is 457 g/mol. The molecule has 2 aromatic carbocycles. The van der Waals surface area contributed by atoms with Crippen LogP contribution in [0.3, 0.4) is 0 Å². The van der Waals surface area contributed by atoms with Gasteiger partial charge in [0.05, 0.1) is 18.3 Å². The number of amides is 1. The molecule has 0 atom stereocenters. The van der Waals surface area contributed by atoms with Crippen molar-refractivity contribution >= 4 is 17.2 Å². The van der Waals surface area contributed by atoms with E-state index < -0.39 is 0 Å². The molecule has 1 amide bonds. The van der Waals surface area contributed by atoms with Crippen molar-refractivity contribution < 1.29 is 23.4 Å². The molecule has 3 aromatic rings. The van der Waals surface area contributed by atoms with E-state index in [1.54, 1.807) is 35.8 Å². The first kappa shape index (κ1) is 22.2. The van der Waals surface area contributed by atoms with Crippen molar-refractivity contribution in [3.05, 3.63) is 76.0 Å². The second kappa shape index (κ2) is 10.1. The molecular weight excluding hydrogens is 431 g/mol. The van der Waals surface area contributed by atoms with Gasteiger partial charge in [-0.25, -0.2) is 9.37 Å². The van der Waals surface area contributed by atoms with E-state index in [4.69, 9.17) is 14.2 Å². The Morgan fingerprint density at radius 3 is 2.78 bits per heavy atom. The average Bonchev–Trinajstić information content (AvgIpc) is 3.35. The maximum Gasteiger partial charge on any atom is 0.251 e. The molecule has 0 radical (unpaired) electrons. The Hall–Kier alpha value is -2.97. The molecule has 4 rings (SSSR count). The number of carbonyl (C=O) groups is 1. The van der Waals surface area contributed by atoms with Gasteiger partial charge < -0.3 is 19.5 Å². The molecule has 0 unspecified atom stereocenters. The highest BCUT2D eigenvalue weighted by atomic mass is 32.1. The molecule has 0 aliphatic carbocycles. The van der Waals surface area contributed by atoms with Crippen LogP contribution in [0.1, 0.15) is 34.5 Å². The molecule has 8 heteroatoms. The smallest absolute Gasteiger partial charge is 0.251 e. The number of nitrogens with one attached hydrogen (secondary N) is 1. The first-order valence-electron chi connectivity index (χ1n) is 10.4. The van der Waals surface area contributed by atoms with E-state index in [9.17, 15) is 9.18 Å².